The molecule has 108 valence electrons. The summed E-state index contributed by atoms with van der Waals surface area (Å²) in [6.07, 6.45) is 3.47. The molecule has 2 heteroatoms. The van der Waals surface area contributed by atoms with Crippen molar-refractivity contribution in [3.8, 4) is 5.75 Å². The molecule has 0 saturated carbocycles. The Morgan fingerprint density at radius 2 is 1.81 bits per heavy atom. The van der Waals surface area contributed by atoms with Crippen LogP contribution in [0.3, 0.4) is 0 Å². The Hall–Kier alpha value is -2.09. The summed E-state index contributed by atoms with van der Waals surface area (Å²) in [5, 5.41) is 0. The SMILES string of the molecule is CC(C)Oc1ccccc1C(=O)c1ccc2c(c1)CCC2. The molecule has 0 heterocycles. The van der Waals surface area contributed by atoms with Crippen molar-refractivity contribution < 1.29 is 9.53 Å². The van der Waals surface area contributed by atoms with Crippen LogP contribution in [0.5, 0.6) is 5.75 Å². The summed E-state index contributed by atoms with van der Waals surface area (Å²) in [7, 11) is 0. The summed E-state index contributed by atoms with van der Waals surface area (Å²) in [6, 6.07) is 13.6. The normalized spacial score (nSPS) is 13.3. The van der Waals surface area contributed by atoms with Gasteiger partial charge < -0.3 is 4.74 Å². The number of carbonyl (C=O) groups excluding carboxylic acids is 1. The highest BCUT2D eigenvalue weighted by atomic mass is 16.5. The molecule has 1 aliphatic carbocycles. The second-order valence-corrected chi connectivity index (χ2v) is 5.83. The molecule has 2 aromatic rings. The van der Waals surface area contributed by atoms with Gasteiger partial charge in [0.2, 0.25) is 0 Å². The molecule has 0 aromatic heterocycles. The van der Waals surface area contributed by atoms with Gasteiger partial charge in [-0.05, 0) is 62.4 Å². The van der Waals surface area contributed by atoms with E-state index in [2.05, 4.69) is 12.1 Å². The predicted octanol–water partition coefficient (Wildman–Crippen LogP) is 4.19. The summed E-state index contributed by atoms with van der Waals surface area (Å²) in [5.41, 5.74) is 4.11. The molecular weight excluding hydrogens is 260 g/mol. The van der Waals surface area contributed by atoms with E-state index in [1.165, 1.54) is 17.5 Å². The average Bonchev–Trinajstić information content (AvgIpc) is 2.94. The second kappa shape index (κ2) is 5.72. The standard InChI is InChI=1S/C19H20O2/c1-13(2)21-18-9-4-3-8-17(18)19(20)16-11-10-14-6-5-7-15(14)12-16/h3-4,8-13H,5-7H2,1-2H3. The van der Waals surface area contributed by atoms with Crippen molar-refractivity contribution in [3.05, 3.63) is 64.7 Å². The van der Waals surface area contributed by atoms with Crippen molar-refractivity contribution in [2.75, 3.05) is 0 Å². The third-order valence-corrected chi connectivity index (χ3v) is 3.86. The molecule has 3 rings (SSSR count). The summed E-state index contributed by atoms with van der Waals surface area (Å²) in [4.78, 5) is 12.8. The van der Waals surface area contributed by atoms with Crippen LogP contribution in [0.25, 0.3) is 0 Å². The first-order valence-corrected chi connectivity index (χ1v) is 7.57. The smallest absolute Gasteiger partial charge is 0.196 e. The van der Waals surface area contributed by atoms with E-state index in [1.807, 2.05) is 44.2 Å². The predicted molar refractivity (Wildman–Crippen MR) is 84.1 cm³/mol. The zero-order chi connectivity index (χ0) is 14.8. The van der Waals surface area contributed by atoms with Crippen molar-refractivity contribution in [2.45, 2.75) is 39.2 Å². The lowest BCUT2D eigenvalue weighted by molar-refractivity contribution is 0.103. The van der Waals surface area contributed by atoms with Crippen molar-refractivity contribution in [2.24, 2.45) is 0 Å². The molecule has 0 aliphatic heterocycles. The van der Waals surface area contributed by atoms with Crippen LogP contribution in [-0.4, -0.2) is 11.9 Å². The Bertz CT molecular complexity index is 671. The van der Waals surface area contributed by atoms with Gasteiger partial charge in [0.15, 0.2) is 5.78 Å². The van der Waals surface area contributed by atoms with Crippen LogP contribution in [-0.2, 0) is 12.8 Å². The van der Waals surface area contributed by atoms with Gasteiger partial charge in [-0.3, -0.25) is 4.79 Å². The molecule has 0 fully saturated rings. The van der Waals surface area contributed by atoms with Gasteiger partial charge in [-0.1, -0.05) is 24.3 Å². The van der Waals surface area contributed by atoms with E-state index in [9.17, 15) is 4.79 Å². The van der Waals surface area contributed by atoms with Crippen molar-refractivity contribution >= 4 is 5.78 Å². The molecule has 2 nitrogen and oxygen atoms in total. The quantitative estimate of drug-likeness (QED) is 0.785. The molecule has 0 amide bonds. The van der Waals surface area contributed by atoms with E-state index in [0.29, 0.717) is 11.3 Å². The highest BCUT2D eigenvalue weighted by Gasteiger charge is 2.18. The number of aryl methyl sites for hydroxylation is 2. The number of ether oxygens (including phenoxy) is 1. The van der Waals surface area contributed by atoms with Crippen LogP contribution in [0, 0.1) is 0 Å². The number of rotatable bonds is 4. The van der Waals surface area contributed by atoms with Crippen LogP contribution in [0.2, 0.25) is 0 Å². The number of hydrogen-bond acceptors (Lipinski definition) is 2. The van der Waals surface area contributed by atoms with Gasteiger partial charge in [0.05, 0.1) is 11.7 Å². The minimum absolute atomic E-state index is 0.0425. The maximum Gasteiger partial charge on any atom is 0.196 e. The molecule has 0 saturated heterocycles. The fourth-order valence-electron chi connectivity index (χ4n) is 2.88. The largest absolute Gasteiger partial charge is 0.490 e. The monoisotopic (exact) mass is 280 g/mol. The van der Waals surface area contributed by atoms with Gasteiger partial charge in [0.25, 0.3) is 0 Å². The van der Waals surface area contributed by atoms with Crippen molar-refractivity contribution in [1.82, 2.24) is 0 Å². The van der Waals surface area contributed by atoms with E-state index in [-0.39, 0.29) is 11.9 Å². The van der Waals surface area contributed by atoms with E-state index >= 15 is 0 Å². The molecule has 0 unspecified atom stereocenters. The number of benzene rings is 2. The highest BCUT2D eigenvalue weighted by Crippen LogP contribution is 2.26. The third-order valence-electron chi connectivity index (χ3n) is 3.86. The number of ketones is 1. The molecule has 0 atom stereocenters. The Kier molecular flexibility index (Phi) is 3.78. The van der Waals surface area contributed by atoms with Gasteiger partial charge in [-0.15, -0.1) is 0 Å². The van der Waals surface area contributed by atoms with Crippen LogP contribution >= 0.6 is 0 Å². The highest BCUT2D eigenvalue weighted by molar-refractivity contribution is 6.10. The molecule has 0 bridgehead atoms. The summed E-state index contributed by atoms with van der Waals surface area (Å²) < 4.78 is 5.76. The fourth-order valence-corrected chi connectivity index (χ4v) is 2.88. The molecular formula is C19H20O2. The topological polar surface area (TPSA) is 26.3 Å². The van der Waals surface area contributed by atoms with Crippen molar-refractivity contribution in [3.63, 3.8) is 0 Å². The van der Waals surface area contributed by atoms with Crippen LogP contribution in [0.4, 0.5) is 0 Å². The van der Waals surface area contributed by atoms with Gasteiger partial charge in [-0.25, -0.2) is 0 Å². The van der Waals surface area contributed by atoms with Gasteiger partial charge in [0.1, 0.15) is 5.75 Å². The van der Waals surface area contributed by atoms with Gasteiger partial charge in [0, 0.05) is 5.56 Å². The number of carbonyl (C=O) groups is 1. The maximum absolute atomic E-state index is 12.8. The number of fused-ring (bicyclic) bond motifs is 1. The van der Waals surface area contributed by atoms with Gasteiger partial charge in [-0.2, -0.15) is 0 Å². The lowest BCUT2D eigenvalue weighted by Gasteiger charge is -2.13. The molecule has 0 radical (unpaired) electrons. The molecule has 1 aliphatic rings. The first-order chi connectivity index (χ1) is 10.1. The lowest BCUT2D eigenvalue weighted by Crippen LogP contribution is -2.10. The number of hydrogen-bond donors (Lipinski definition) is 0. The van der Waals surface area contributed by atoms with Gasteiger partial charge >= 0.3 is 0 Å². The van der Waals surface area contributed by atoms with E-state index in [4.69, 9.17) is 4.74 Å². The lowest BCUT2D eigenvalue weighted by atomic mass is 9.99. The summed E-state index contributed by atoms with van der Waals surface area (Å²) in [5.74, 6) is 0.707. The zero-order valence-electron chi connectivity index (χ0n) is 12.6. The first kappa shape index (κ1) is 13.9. The third kappa shape index (κ3) is 2.85. The van der Waals surface area contributed by atoms with E-state index < -0.39 is 0 Å². The average molecular weight is 280 g/mol. The van der Waals surface area contributed by atoms with Crippen LogP contribution in [0.15, 0.2) is 42.5 Å². The van der Waals surface area contributed by atoms with Crippen LogP contribution < -0.4 is 4.74 Å². The first-order valence-electron chi connectivity index (χ1n) is 7.57. The minimum Gasteiger partial charge on any atom is -0.490 e. The van der Waals surface area contributed by atoms with Crippen LogP contribution in [0.1, 0.15) is 47.3 Å². The van der Waals surface area contributed by atoms with E-state index in [0.717, 1.165) is 18.4 Å². The molecule has 21 heavy (non-hydrogen) atoms. The molecule has 2 aromatic carbocycles. The maximum atomic E-state index is 12.8. The Balaban J connectivity index is 1.95. The summed E-state index contributed by atoms with van der Waals surface area (Å²) >= 11 is 0. The Morgan fingerprint density at radius 3 is 2.62 bits per heavy atom. The Labute approximate surface area is 125 Å². The minimum atomic E-state index is 0.0425. The second-order valence-electron chi connectivity index (χ2n) is 5.83. The molecule has 0 N–H and O–H groups in total. The summed E-state index contributed by atoms with van der Waals surface area (Å²) in [6.45, 7) is 3.94. The Morgan fingerprint density at radius 1 is 1.05 bits per heavy atom. The molecule has 0 spiro atoms. The van der Waals surface area contributed by atoms with E-state index in [1.54, 1.807) is 0 Å². The zero-order valence-corrected chi connectivity index (χ0v) is 12.6. The van der Waals surface area contributed by atoms with Crippen molar-refractivity contribution in [1.29, 1.82) is 0 Å². The fraction of sp³-hybridized carbons (Fsp3) is 0.316. The number of para-hydroxylation sites is 1.